The molecule has 0 aliphatic carbocycles. The SMILES string of the molecule is COc1ccc(N(CC(=O)N(Cc2cccc(Cl)c2)[C@@H](Cc2ccccc2)C(=O)NC(C)(C)C)S(C)(=O)=O)cc1OC. The molecule has 0 aromatic heterocycles. The minimum Gasteiger partial charge on any atom is -0.493 e. The van der Waals surface area contributed by atoms with Crippen LogP contribution in [-0.4, -0.2) is 63.7 Å². The van der Waals surface area contributed by atoms with Crippen LogP contribution in [0, 0.1) is 0 Å². The van der Waals surface area contributed by atoms with Crippen LogP contribution in [0.1, 0.15) is 31.9 Å². The van der Waals surface area contributed by atoms with E-state index in [1.54, 1.807) is 30.3 Å². The Hall–Kier alpha value is -3.76. The van der Waals surface area contributed by atoms with E-state index < -0.39 is 34.1 Å². The van der Waals surface area contributed by atoms with Crippen LogP contribution in [0.5, 0.6) is 11.5 Å². The molecular formula is C31H38ClN3O6S. The lowest BCUT2D eigenvalue weighted by Gasteiger charge is -2.35. The molecule has 0 aliphatic heterocycles. The van der Waals surface area contributed by atoms with Gasteiger partial charge in [0.2, 0.25) is 21.8 Å². The van der Waals surface area contributed by atoms with E-state index in [-0.39, 0.29) is 24.6 Å². The van der Waals surface area contributed by atoms with E-state index in [2.05, 4.69) is 5.32 Å². The Balaban J connectivity index is 2.10. The Labute approximate surface area is 253 Å². The molecule has 11 heteroatoms. The molecule has 0 fully saturated rings. The van der Waals surface area contributed by atoms with Crippen molar-refractivity contribution >= 4 is 39.1 Å². The van der Waals surface area contributed by atoms with Crippen LogP contribution >= 0.6 is 11.6 Å². The van der Waals surface area contributed by atoms with Crippen molar-refractivity contribution in [2.45, 2.75) is 45.3 Å². The number of hydrogen-bond acceptors (Lipinski definition) is 6. The van der Waals surface area contributed by atoms with Gasteiger partial charge in [-0.15, -0.1) is 0 Å². The summed E-state index contributed by atoms with van der Waals surface area (Å²) in [6.45, 7) is 5.04. The number of ether oxygens (including phenoxy) is 2. The molecule has 0 bridgehead atoms. The van der Waals surface area contributed by atoms with Crippen molar-refractivity contribution < 1.29 is 27.5 Å². The van der Waals surface area contributed by atoms with Crippen LogP contribution < -0.4 is 19.1 Å². The maximum Gasteiger partial charge on any atom is 0.244 e. The lowest BCUT2D eigenvalue weighted by atomic mass is 10.0. The molecular weight excluding hydrogens is 578 g/mol. The summed E-state index contributed by atoms with van der Waals surface area (Å²) in [7, 11) is -1.03. The number of amides is 2. The smallest absolute Gasteiger partial charge is 0.244 e. The molecule has 3 aromatic rings. The average Bonchev–Trinajstić information content (AvgIpc) is 2.92. The first-order valence-electron chi connectivity index (χ1n) is 13.3. The van der Waals surface area contributed by atoms with Gasteiger partial charge in [0, 0.05) is 29.6 Å². The molecule has 1 atom stereocenters. The molecule has 0 spiro atoms. The van der Waals surface area contributed by atoms with Gasteiger partial charge in [-0.2, -0.15) is 0 Å². The van der Waals surface area contributed by atoms with Crippen LogP contribution in [-0.2, 0) is 32.6 Å². The fourth-order valence-electron chi connectivity index (χ4n) is 4.43. The first-order chi connectivity index (χ1) is 19.7. The molecule has 9 nitrogen and oxygen atoms in total. The first-order valence-corrected chi connectivity index (χ1v) is 15.5. The third kappa shape index (κ3) is 9.12. The molecule has 0 aliphatic rings. The number of rotatable bonds is 12. The zero-order valence-corrected chi connectivity index (χ0v) is 26.3. The Kier molecular flexibility index (Phi) is 10.9. The van der Waals surface area contributed by atoms with E-state index in [1.807, 2.05) is 51.1 Å². The number of nitrogens with one attached hydrogen (secondary N) is 1. The Bertz CT molecular complexity index is 1490. The van der Waals surface area contributed by atoms with E-state index in [1.165, 1.54) is 31.3 Å². The third-order valence-electron chi connectivity index (χ3n) is 6.35. The summed E-state index contributed by atoms with van der Waals surface area (Å²) < 4.78 is 37.7. The Morgan fingerprint density at radius 3 is 2.12 bits per heavy atom. The minimum absolute atomic E-state index is 0.0258. The maximum absolute atomic E-state index is 14.2. The van der Waals surface area contributed by atoms with Crippen molar-refractivity contribution in [1.82, 2.24) is 10.2 Å². The number of nitrogens with zero attached hydrogens (tertiary/aromatic N) is 2. The number of methoxy groups -OCH3 is 2. The number of carbonyl (C=O) groups is 2. The summed E-state index contributed by atoms with van der Waals surface area (Å²) in [6, 6.07) is 20.0. The van der Waals surface area contributed by atoms with Gasteiger partial charge in [0.05, 0.1) is 26.2 Å². The van der Waals surface area contributed by atoms with Crippen LogP contribution in [0.2, 0.25) is 5.02 Å². The summed E-state index contributed by atoms with van der Waals surface area (Å²) in [5.74, 6) is -0.220. The standard InChI is InChI=1S/C31H38ClN3O6S/c1-31(2,3)33-30(37)26(18-22-11-8-7-9-12-22)34(20-23-13-10-14-24(32)17-23)29(36)21-35(42(6,38)39)25-15-16-27(40-4)28(19-25)41-5/h7-17,19,26H,18,20-21H2,1-6H3,(H,33,37)/t26-/m0/s1. The van der Waals surface area contributed by atoms with Crippen LogP contribution in [0.15, 0.2) is 72.8 Å². The topological polar surface area (TPSA) is 105 Å². The fraction of sp³-hybridized carbons (Fsp3) is 0.355. The number of benzene rings is 3. The van der Waals surface area contributed by atoms with Crippen molar-refractivity contribution in [3.8, 4) is 11.5 Å². The molecule has 0 heterocycles. The molecule has 2 amide bonds. The Morgan fingerprint density at radius 1 is 0.905 bits per heavy atom. The van der Waals surface area contributed by atoms with E-state index in [9.17, 15) is 18.0 Å². The van der Waals surface area contributed by atoms with Gasteiger partial charge >= 0.3 is 0 Å². The van der Waals surface area contributed by atoms with Gasteiger partial charge in [-0.25, -0.2) is 8.42 Å². The first kappa shape index (κ1) is 32.8. The second-order valence-electron chi connectivity index (χ2n) is 10.9. The highest BCUT2D eigenvalue weighted by Gasteiger charge is 2.34. The second kappa shape index (κ2) is 13.9. The monoisotopic (exact) mass is 615 g/mol. The molecule has 226 valence electrons. The minimum atomic E-state index is -3.94. The van der Waals surface area contributed by atoms with E-state index in [0.717, 1.165) is 16.1 Å². The summed E-state index contributed by atoms with van der Waals surface area (Å²) in [4.78, 5) is 29.4. The summed E-state index contributed by atoms with van der Waals surface area (Å²) in [6.07, 6.45) is 1.23. The quantitative estimate of drug-likeness (QED) is 0.317. The number of carbonyl (C=O) groups excluding carboxylic acids is 2. The van der Waals surface area contributed by atoms with Crippen LogP contribution in [0.3, 0.4) is 0 Å². The Morgan fingerprint density at radius 2 is 1.55 bits per heavy atom. The van der Waals surface area contributed by atoms with E-state index >= 15 is 0 Å². The van der Waals surface area contributed by atoms with Crippen LogP contribution in [0.25, 0.3) is 0 Å². The molecule has 3 rings (SSSR count). The highest BCUT2D eigenvalue weighted by Crippen LogP contribution is 2.32. The zero-order valence-electron chi connectivity index (χ0n) is 24.8. The molecule has 3 aromatic carbocycles. The number of anilines is 1. The van der Waals surface area contributed by atoms with Gasteiger partial charge in [0.1, 0.15) is 12.6 Å². The van der Waals surface area contributed by atoms with Crippen LogP contribution in [0.4, 0.5) is 5.69 Å². The molecule has 1 N–H and O–H groups in total. The largest absolute Gasteiger partial charge is 0.493 e. The van der Waals surface area contributed by atoms with Gasteiger partial charge in [-0.05, 0) is 56.2 Å². The highest BCUT2D eigenvalue weighted by molar-refractivity contribution is 7.92. The van der Waals surface area contributed by atoms with Crippen molar-refractivity contribution in [3.63, 3.8) is 0 Å². The van der Waals surface area contributed by atoms with Gasteiger partial charge in [0.25, 0.3) is 0 Å². The van der Waals surface area contributed by atoms with Gasteiger partial charge in [0.15, 0.2) is 11.5 Å². The third-order valence-corrected chi connectivity index (χ3v) is 7.72. The summed E-state index contributed by atoms with van der Waals surface area (Å²) in [5, 5.41) is 3.47. The molecule has 0 unspecified atom stereocenters. The second-order valence-corrected chi connectivity index (χ2v) is 13.2. The lowest BCUT2D eigenvalue weighted by molar-refractivity contribution is -0.140. The zero-order chi connectivity index (χ0) is 31.1. The molecule has 42 heavy (non-hydrogen) atoms. The number of sulfonamides is 1. The number of hydrogen-bond donors (Lipinski definition) is 1. The van der Waals surface area contributed by atoms with Crippen molar-refractivity contribution in [1.29, 1.82) is 0 Å². The molecule has 0 saturated carbocycles. The fourth-order valence-corrected chi connectivity index (χ4v) is 5.49. The molecule has 0 saturated heterocycles. The summed E-state index contributed by atoms with van der Waals surface area (Å²) in [5.41, 5.74) is 1.17. The normalized spacial score (nSPS) is 12.3. The van der Waals surface area contributed by atoms with Gasteiger partial charge in [-0.3, -0.25) is 13.9 Å². The predicted molar refractivity (Wildman–Crippen MR) is 166 cm³/mol. The molecule has 0 radical (unpaired) electrons. The van der Waals surface area contributed by atoms with Crippen molar-refractivity contribution in [2.24, 2.45) is 0 Å². The maximum atomic E-state index is 14.2. The average molecular weight is 616 g/mol. The summed E-state index contributed by atoms with van der Waals surface area (Å²) >= 11 is 6.25. The van der Waals surface area contributed by atoms with E-state index in [0.29, 0.717) is 22.1 Å². The van der Waals surface area contributed by atoms with Crippen molar-refractivity contribution in [2.75, 3.05) is 31.3 Å². The predicted octanol–water partition coefficient (Wildman–Crippen LogP) is 4.68. The van der Waals surface area contributed by atoms with Crippen molar-refractivity contribution in [3.05, 3.63) is 88.9 Å². The van der Waals surface area contributed by atoms with Gasteiger partial charge < -0.3 is 19.7 Å². The van der Waals surface area contributed by atoms with E-state index in [4.69, 9.17) is 21.1 Å². The number of halogens is 1. The lowest BCUT2D eigenvalue weighted by Crippen LogP contribution is -2.56. The van der Waals surface area contributed by atoms with Gasteiger partial charge in [-0.1, -0.05) is 54.1 Å². The highest BCUT2D eigenvalue weighted by atomic mass is 35.5.